The maximum atomic E-state index is 12.2. The van der Waals surface area contributed by atoms with Gasteiger partial charge < -0.3 is 24.8 Å². The van der Waals surface area contributed by atoms with Gasteiger partial charge in [0.2, 0.25) is 5.91 Å². The number of hydrogen-bond acceptors (Lipinski definition) is 5. The molecule has 0 aromatic heterocycles. The summed E-state index contributed by atoms with van der Waals surface area (Å²) in [6, 6.07) is 1.44. The van der Waals surface area contributed by atoms with Gasteiger partial charge in [0.1, 0.15) is 11.5 Å². The molecule has 0 aliphatic rings. The molecule has 1 aromatic rings. The molecule has 0 aliphatic heterocycles. The first-order valence-corrected chi connectivity index (χ1v) is 6.63. The Bertz CT molecular complexity index is 542. The Morgan fingerprint density at radius 2 is 1.86 bits per heavy atom. The van der Waals surface area contributed by atoms with E-state index in [2.05, 4.69) is 5.32 Å². The number of carbonyl (C=O) groups is 1. The van der Waals surface area contributed by atoms with Crippen LogP contribution in [0, 0.1) is 5.41 Å². The van der Waals surface area contributed by atoms with Crippen molar-refractivity contribution < 1.29 is 24.3 Å². The third-order valence-corrected chi connectivity index (χ3v) is 3.12. The highest BCUT2D eigenvalue weighted by Crippen LogP contribution is 2.35. The molecule has 0 unspecified atom stereocenters. The summed E-state index contributed by atoms with van der Waals surface area (Å²) in [5, 5.41) is 21.9. The topological polar surface area (TPSA) is 88.0 Å². The summed E-state index contributed by atoms with van der Waals surface area (Å²) in [4.78, 5) is 12.2. The SMILES string of the molecule is COc1cc(Cl)c(OC)c(B(O)O)c1NC(=O)C(C)(C)C. The van der Waals surface area contributed by atoms with Gasteiger partial charge in [0.05, 0.1) is 30.4 Å². The van der Waals surface area contributed by atoms with Crippen molar-refractivity contribution in [2.45, 2.75) is 20.8 Å². The van der Waals surface area contributed by atoms with Crippen LogP contribution in [-0.4, -0.2) is 37.3 Å². The van der Waals surface area contributed by atoms with Crippen LogP contribution in [-0.2, 0) is 4.79 Å². The van der Waals surface area contributed by atoms with Gasteiger partial charge in [0, 0.05) is 11.5 Å². The molecule has 0 fully saturated rings. The fraction of sp³-hybridized carbons (Fsp3) is 0.462. The molecule has 0 spiro atoms. The Kier molecular flexibility index (Phi) is 5.50. The minimum absolute atomic E-state index is 0.0561. The van der Waals surface area contributed by atoms with Crippen molar-refractivity contribution in [1.82, 2.24) is 0 Å². The van der Waals surface area contributed by atoms with Gasteiger partial charge in [-0.3, -0.25) is 4.79 Å². The normalized spacial score (nSPS) is 11.0. The first-order valence-electron chi connectivity index (χ1n) is 6.25. The number of ether oxygens (including phenoxy) is 2. The molecule has 0 bridgehead atoms. The number of carbonyl (C=O) groups excluding carboxylic acids is 1. The van der Waals surface area contributed by atoms with Crippen LogP contribution >= 0.6 is 11.6 Å². The fourth-order valence-corrected chi connectivity index (χ4v) is 1.95. The van der Waals surface area contributed by atoms with Gasteiger partial charge in [0.15, 0.2) is 0 Å². The Morgan fingerprint density at radius 1 is 1.29 bits per heavy atom. The lowest BCUT2D eigenvalue weighted by Crippen LogP contribution is -2.37. The quantitative estimate of drug-likeness (QED) is 0.722. The zero-order valence-corrected chi connectivity index (χ0v) is 13.4. The largest absolute Gasteiger partial charge is 0.495 e. The first kappa shape index (κ1) is 17.6. The Balaban J connectivity index is 3.50. The van der Waals surface area contributed by atoms with Crippen molar-refractivity contribution in [3.63, 3.8) is 0 Å². The third kappa shape index (κ3) is 3.81. The van der Waals surface area contributed by atoms with Gasteiger partial charge in [-0.25, -0.2) is 0 Å². The van der Waals surface area contributed by atoms with Crippen LogP contribution in [0.25, 0.3) is 0 Å². The van der Waals surface area contributed by atoms with Gasteiger partial charge in [0.25, 0.3) is 0 Å². The molecule has 1 rings (SSSR count). The molecule has 1 amide bonds. The number of methoxy groups -OCH3 is 2. The number of anilines is 1. The average Bonchev–Trinajstić information content (AvgIpc) is 2.37. The van der Waals surface area contributed by atoms with E-state index in [1.807, 2.05) is 0 Å². The van der Waals surface area contributed by atoms with Crippen LogP contribution in [0.4, 0.5) is 5.69 Å². The van der Waals surface area contributed by atoms with Crippen LogP contribution < -0.4 is 20.3 Å². The van der Waals surface area contributed by atoms with Crippen molar-refractivity contribution in [2.24, 2.45) is 5.41 Å². The molecule has 1 aromatic carbocycles. The van der Waals surface area contributed by atoms with Crippen molar-refractivity contribution in [3.8, 4) is 11.5 Å². The van der Waals surface area contributed by atoms with E-state index < -0.39 is 12.5 Å². The molecule has 0 heterocycles. The van der Waals surface area contributed by atoms with E-state index in [0.717, 1.165) is 0 Å². The zero-order chi connectivity index (χ0) is 16.4. The second kappa shape index (κ2) is 6.55. The van der Waals surface area contributed by atoms with Crippen molar-refractivity contribution in [2.75, 3.05) is 19.5 Å². The summed E-state index contributed by atoms with van der Waals surface area (Å²) in [6.45, 7) is 5.20. The molecule has 21 heavy (non-hydrogen) atoms. The number of amides is 1. The summed E-state index contributed by atoms with van der Waals surface area (Å²) < 4.78 is 10.2. The Labute approximate surface area is 129 Å². The van der Waals surface area contributed by atoms with Gasteiger partial charge in [-0.05, 0) is 0 Å². The molecular weight excluding hydrogens is 296 g/mol. The number of hydrogen-bond donors (Lipinski definition) is 3. The van der Waals surface area contributed by atoms with Gasteiger partial charge >= 0.3 is 7.12 Å². The lowest BCUT2D eigenvalue weighted by atomic mass is 9.77. The maximum absolute atomic E-state index is 12.2. The van der Waals surface area contributed by atoms with Gasteiger partial charge in [-0.2, -0.15) is 0 Å². The maximum Gasteiger partial charge on any atom is 0.494 e. The molecule has 0 radical (unpaired) electrons. The van der Waals surface area contributed by atoms with E-state index in [0.29, 0.717) is 0 Å². The highest BCUT2D eigenvalue weighted by Gasteiger charge is 2.30. The first-order chi connectivity index (χ1) is 9.63. The number of nitrogens with one attached hydrogen (secondary N) is 1. The third-order valence-electron chi connectivity index (χ3n) is 2.84. The van der Waals surface area contributed by atoms with Crippen molar-refractivity contribution >= 4 is 35.8 Å². The summed E-state index contributed by atoms with van der Waals surface area (Å²) >= 11 is 6.02. The predicted molar refractivity (Wildman–Crippen MR) is 82.5 cm³/mol. The van der Waals surface area contributed by atoms with E-state index in [1.165, 1.54) is 20.3 Å². The summed E-state index contributed by atoms with van der Waals surface area (Å²) in [5.74, 6) is -0.0368. The fourth-order valence-electron chi connectivity index (χ4n) is 1.67. The highest BCUT2D eigenvalue weighted by molar-refractivity contribution is 6.63. The molecule has 0 saturated carbocycles. The molecule has 3 N–H and O–H groups in total. The lowest BCUT2D eigenvalue weighted by Gasteiger charge is -2.22. The van der Waals surface area contributed by atoms with Crippen molar-refractivity contribution in [3.05, 3.63) is 11.1 Å². The zero-order valence-electron chi connectivity index (χ0n) is 12.7. The number of benzene rings is 1. The van der Waals surface area contributed by atoms with Crippen LogP contribution in [0.5, 0.6) is 11.5 Å². The Hall–Kier alpha value is -1.44. The summed E-state index contributed by atoms with van der Waals surface area (Å²) in [6.07, 6.45) is 0. The molecule has 0 saturated heterocycles. The number of rotatable bonds is 4. The monoisotopic (exact) mass is 315 g/mol. The van der Waals surface area contributed by atoms with Gasteiger partial charge in [-0.15, -0.1) is 0 Å². The number of halogens is 1. The predicted octanol–water partition coefficient (Wildman–Crippen LogP) is 1.02. The average molecular weight is 316 g/mol. The molecule has 116 valence electrons. The van der Waals surface area contributed by atoms with Crippen molar-refractivity contribution in [1.29, 1.82) is 0 Å². The van der Waals surface area contributed by atoms with E-state index in [1.54, 1.807) is 20.8 Å². The van der Waals surface area contributed by atoms with Crippen LogP contribution in [0.3, 0.4) is 0 Å². The van der Waals surface area contributed by atoms with Gasteiger partial charge in [-0.1, -0.05) is 32.4 Å². The Morgan fingerprint density at radius 3 is 2.24 bits per heavy atom. The highest BCUT2D eigenvalue weighted by atomic mass is 35.5. The van der Waals surface area contributed by atoms with Crippen LogP contribution in [0.15, 0.2) is 6.07 Å². The minimum atomic E-state index is -1.89. The van der Waals surface area contributed by atoms with E-state index in [4.69, 9.17) is 21.1 Å². The minimum Gasteiger partial charge on any atom is -0.495 e. The molecule has 0 atom stereocenters. The lowest BCUT2D eigenvalue weighted by molar-refractivity contribution is -0.123. The second-order valence-electron chi connectivity index (χ2n) is 5.46. The molecule has 6 nitrogen and oxygen atoms in total. The van der Waals surface area contributed by atoms with E-state index >= 15 is 0 Å². The smallest absolute Gasteiger partial charge is 0.494 e. The second-order valence-corrected chi connectivity index (χ2v) is 5.87. The molecular formula is C13H19BClNO5. The van der Waals surface area contributed by atoms with E-state index in [-0.39, 0.29) is 33.6 Å². The summed E-state index contributed by atoms with van der Waals surface area (Å²) in [5.41, 5.74) is -0.608. The van der Waals surface area contributed by atoms with E-state index in [9.17, 15) is 14.8 Å². The standard InChI is InChI=1S/C13H19BClNO5/c1-13(2,3)12(17)16-10-8(20-4)6-7(15)11(21-5)9(10)14(18)19/h6,18-19H,1-5H3,(H,16,17). The molecule has 0 aliphatic carbocycles. The van der Waals surface area contributed by atoms with Crippen LogP contribution in [0.1, 0.15) is 20.8 Å². The van der Waals surface area contributed by atoms with Crippen LogP contribution in [0.2, 0.25) is 5.02 Å². The molecule has 8 heteroatoms. The summed E-state index contributed by atoms with van der Waals surface area (Å²) in [7, 11) is 0.843.